The van der Waals surface area contributed by atoms with Gasteiger partial charge in [-0.2, -0.15) is 5.26 Å². The molecule has 0 saturated heterocycles. The van der Waals surface area contributed by atoms with Crippen LogP contribution in [0.5, 0.6) is 0 Å². The Morgan fingerprint density at radius 2 is 2.17 bits per heavy atom. The predicted molar refractivity (Wildman–Crippen MR) is 87.1 cm³/mol. The summed E-state index contributed by atoms with van der Waals surface area (Å²) in [7, 11) is 0. The SMILES string of the molecule is N#Cc1c(COC(=O)c2ccc(Cl)cc2N)cn2ccccc12. The van der Waals surface area contributed by atoms with Gasteiger partial charge in [-0.15, -0.1) is 0 Å². The van der Waals surface area contributed by atoms with Gasteiger partial charge in [0.2, 0.25) is 0 Å². The average Bonchev–Trinajstić information content (AvgIpc) is 2.90. The maximum absolute atomic E-state index is 12.1. The van der Waals surface area contributed by atoms with Crippen LogP contribution in [0.1, 0.15) is 21.5 Å². The number of carbonyl (C=O) groups excluding carboxylic acids is 1. The zero-order valence-electron chi connectivity index (χ0n) is 12.0. The van der Waals surface area contributed by atoms with E-state index in [0.29, 0.717) is 16.1 Å². The third kappa shape index (κ3) is 2.85. The molecule has 0 radical (unpaired) electrons. The normalized spacial score (nSPS) is 10.4. The summed E-state index contributed by atoms with van der Waals surface area (Å²) in [6, 6.07) is 12.3. The van der Waals surface area contributed by atoms with Crippen LogP contribution in [-0.2, 0) is 11.3 Å². The summed E-state index contributed by atoms with van der Waals surface area (Å²) in [5, 5.41) is 9.77. The maximum atomic E-state index is 12.1. The third-order valence-corrected chi connectivity index (χ3v) is 3.70. The summed E-state index contributed by atoms with van der Waals surface area (Å²) in [5.74, 6) is -0.557. The minimum absolute atomic E-state index is 0.00846. The molecule has 23 heavy (non-hydrogen) atoms. The van der Waals surface area contributed by atoms with Gasteiger partial charge in [-0.05, 0) is 30.3 Å². The second-order valence-electron chi connectivity index (χ2n) is 4.94. The number of carbonyl (C=O) groups is 1. The Morgan fingerprint density at radius 1 is 1.35 bits per heavy atom. The number of hydrogen-bond donors (Lipinski definition) is 1. The second kappa shape index (κ2) is 6.03. The highest BCUT2D eigenvalue weighted by molar-refractivity contribution is 6.31. The lowest BCUT2D eigenvalue weighted by Gasteiger charge is -2.06. The van der Waals surface area contributed by atoms with Gasteiger partial charge in [0.15, 0.2) is 0 Å². The van der Waals surface area contributed by atoms with E-state index in [-0.39, 0.29) is 17.9 Å². The van der Waals surface area contributed by atoms with Crippen LogP contribution in [0, 0.1) is 11.3 Å². The van der Waals surface area contributed by atoms with Gasteiger partial charge in [0.05, 0.1) is 16.6 Å². The van der Waals surface area contributed by atoms with Gasteiger partial charge in [0, 0.05) is 28.7 Å². The number of nitrogen functional groups attached to an aromatic ring is 1. The lowest BCUT2D eigenvalue weighted by molar-refractivity contribution is 0.0474. The number of fused-ring (bicyclic) bond motifs is 1. The molecular formula is C17H12ClN3O2. The first kappa shape index (κ1) is 14.9. The molecule has 0 aliphatic carbocycles. The van der Waals surface area contributed by atoms with Crippen LogP contribution in [-0.4, -0.2) is 10.4 Å². The van der Waals surface area contributed by atoms with Gasteiger partial charge < -0.3 is 14.9 Å². The maximum Gasteiger partial charge on any atom is 0.340 e. The van der Waals surface area contributed by atoms with Gasteiger partial charge in [0.1, 0.15) is 12.7 Å². The number of benzene rings is 1. The van der Waals surface area contributed by atoms with Crippen molar-refractivity contribution >= 4 is 28.8 Å². The molecular weight excluding hydrogens is 314 g/mol. The molecule has 6 heteroatoms. The Kier molecular flexibility index (Phi) is 3.92. The first-order valence-electron chi connectivity index (χ1n) is 6.81. The molecule has 0 atom stereocenters. The molecule has 2 heterocycles. The molecule has 0 aliphatic rings. The summed E-state index contributed by atoms with van der Waals surface area (Å²) >= 11 is 5.81. The number of esters is 1. The van der Waals surface area contributed by atoms with E-state index < -0.39 is 5.97 Å². The number of anilines is 1. The highest BCUT2D eigenvalue weighted by Crippen LogP contribution is 2.21. The molecule has 0 unspecified atom stereocenters. The van der Waals surface area contributed by atoms with E-state index in [1.807, 2.05) is 28.8 Å². The molecule has 0 amide bonds. The summed E-state index contributed by atoms with van der Waals surface area (Å²) in [5.41, 5.74) is 8.17. The van der Waals surface area contributed by atoms with Crippen molar-refractivity contribution in [2.45, 2.75) is 6.61 Å². The highest BCUT2D eigenvalue weighted by Gasteiger charge is 2.15. The van der Waals surface area contributed by atoms with Crippen molar-refractivity contribution in [1.29, 1.82) is 5.26 Å². The molecule has 114 valence electrons. The third-order valence-electron chi connectivity index (χ3n) is 3.47. The van der Waals surface area contributed by atoms with Crippen molar-refractivity contribution in [3.05, 3.63) is 70.5 Å². The topological polar surface area (TPSA) is 80.5 Å². The molecule has 2 aromatic heterocycles. The van der Waals surface area contributed by atoms with Gasteiger partial charge in [-0.25, -0.2) is 4.79 Å². The number of ether oxygens (including phenoxy) is 1. The Labute approximate surface area is 137 Å². The quantitative estimate of drug-likeness (QED) is 0.591. The monoisotopic (exact) mass is 325 g/mol. The molecule has 0 bridgehead atoms. The van der Waals surface area contributed by atoms with E-state index in [9.17, 15) is 10.1 Å². The number of nitrogens with zero attached hydrogens (tertiary/aromatic N) is 2. The number of pyridine rings is 1. The number of nitrogens with two attached hydrogens (primary N) is 1. The molecule has 0 aliphatic heterocycles. The van der Waals surface area contributed by atoms with Crippen LogP contribution in [0.15, 0.2) is 48.8 Å². The van der Waals surface area contributed by atoms with Gasteiger partial charge in [-0.3, -0.25) is 0 Å². The van der Waals surface area contributed by atoms with Crippen molar-refractivity contribution < 1.29 is 9.53 Å². The minimum atomic E-state index is -0.557. The Balaban J connectivity index is 1.83. The van der Waals surface area contributed by atoms with E-state index in [1.165, 1.54) is 12.1 Å². The average molecular weight is 326 g/mol. The second-order valence-corrected chi connectivity index (χ2v) is 5.38. The van der Waals surface area contributed by atoms with Crippen LogP contribution < -0.4 is 5.73 Å². The van der Waals surface area contributed by atoms with Crippen molar-refractivity contribution in [2.75, 3.05) is 5.73 Å². The zero-order chi connectivity index (χ0) is 16.4. The Morgan fingerprint density at radius 3 is 2.91 bits per heavy atom. The van der Waals surface area contributed by atoms with E-state index in [2.05, 4.69) is 6.07 Å². The standard InChI is InChI=1S/C17H12ClN3O2/c18-12-4-5-13(15(20)7-12)17(22)23-10-11-9-21-6-2-1-3-16(21)14(11)8-19/h1-7,9H,10,20H2. The predicted octanol–water partition coefficient (Wildman–Crippen LogP) is 3.40. The van der Waals surface area contributed by atoms with Crippen molar-refractivity contribution in [3.63, 3.8) is 0 Å². The fourth-order valence-electron chi connectivity index (χ4n) is 2.36. The number of nitriles is 1. The van der Waals surface area contributed by atoms with E-state index in [0.717, 1.165) is 5.52 Å². The van der Waals surface area contributed by atoms with Gasteiger partial charge in [0.25, 0.3) is 0 Å². The Bertz CT molecular complexity index is 941. The first-order chi connectivity index (χ1) is 11.1. The Hall–Kier alpha value is -2.97. The lowest BCUT2D eigenvalue weighted by Crippen LogP contribution is -2.08. The molecule has 2 N–H and O–H groups in total. The molecule has 3 rings (SSSR count). The lowest BCUT2D eigenvalue weighted by atomic mass is 10.2. The largest absolute Gasteiger partial charge is 0.457 e. The minimum Gasteiger partial charge on any atom is -0.457 e. The van der Waals surface area contributed by atoms with Crippen LogP contribution in [0.25, 0.3) is 5.52 Å². The summed E-state index contributed by atoms with van der Waals surface area (Å²) in [4.78, 5) is 12.1. The van der Waals surface area contributed by atoms with E-state index in [4.69, 9.17) is 22.1 Å². The van der Waals surface area contributed by atoms with Gasteiger partial charge in [-0.1, -0.05) is 17.7 Å². The molecule has 0 saturated carbocycles. The van der Waals surface area contributed by atoms with Crippen LogP contribution >= 0.6 is 11.6 Å². The molecule has 0 spiro atoms. The fourth-order valence-corrected chi connectivity index (χ4v) is 2.54. The number of halogens is 1. The first-order valence-corrected chi connectivity index (χ1v) is 7.19. The molecule has 3 aromatic rings. The highest BCUT2D eigenvalue weighted by atomic mass is 35.5. The summed E-state index contributed by atoms with van der Waals surface area (Å²) in [6.45, 7) is -0.00846. The number of hydrogen-bond acceptors (Lipinski definition) is 4. The van der Waals surface area contributed by atoms with E-state index >= 15 is 0 Å². The molecule has 1 aromatic carbocycles. The fraction of sp³-hybridized carbons (Fsp3) is 0.0588. The van der Waals surface area contributed by atoms with Crippen molar-refractivity contribution in [3.8, 4) is 6.07 Å². The van der Waals surface area contributed by atoms with Gasteiger partial charge >= 0.3 is 5.97 Å². The van der Waals surface area contributed by atoms with Crippen molar-refractivity contribution in [1.82, 2.24) is 4.40 Å². The van der Waals surface area contributed by atoms with Crippen LogP contribution in [0.4, 0.5) is 5.69 Å². The smallest absolute Gasteiger partial charge is 0.340 e. The number of rotatable bonds is 3. The summed E-state index contributed by atoms with van der Waals surface area (Å²) < 4.78 is 7.10. The van der Waals surface area contributed by atoms with Crippen molar-refractivity contribution in [2.24, 2.45) is 0 Å². The van der Waals surface area contributed by atoms with E-state index in [1.54, 1.807) is 12.3 Å². The van der Waals surface area contributed by atoms with Crippen LogP contribution in [0.2, 0.25) is 5.02 Å². The molecule has 0 fully saturated rings. The summed E-state index contributed by atoms with van der Waals surface area (Å²) in [6.07, 6.45) is 3.60. The van der Waals surface area contributed by atoms with Crippen LogP contribution in [0.3, 0.4) is 0 Å². The molecule has 5 nitrogen and oxygen atoms in total. The number of aromatic nitrogens is 1. The zero-order valence-corrected chi connectivity index (χ0v) is 12.7.